The van der Waals surface area contributed by atoms with E-state index in [1.807, 2.05) is 37.3 Å². The summed E-state index contributed by atoms with van der Waals surface area (Å²) in [6, 6.07) is 7.67. The Kier molecular flexibility index (Phi) is 9.63. The first-order valence-corrected chi connectivity index (χ1v) is 14.4. The third kappa shape index (κ3) is 6.96. The van der Waals surface area contributed by atoms with Crippen LogP contribution in [0.4, 0.5) is 0 Å². The zero-order chi connectivity index (χ0) is 30.6. The third-order valence-corrected chi connectivity index (χ3v) is 7.69. The standard InChI is InChI=1S/C31H41N5O6/c1-18(2)26-28(38)33-20(4)29(39)36-15-7-8-24(35-36)27(37)32-19(3)23-12-11-22-10-9-21(16-25(22)34-23)13-14-31(5,17-41-6)30(40)42-26/h9-14,16,18-20,24,26,35H,7-8,15,17H2,1-6H3,(H,32,37)(H,33,38)/t19-,20+,24+,26+,31+/m1/s1. The molecule has 3 heterocycles. The summed E-state index contributed by atoms with van der Waals surface area (Å²) in [4.78, 5) is 58.0. The van der Waals surface area contributed by atoms with Gasteiger partial charge >= 0.3 is 5.97 Å². The van der Waals surface area contributed by atoms with Crippen molar-refractivity contribution in [2.45, 2.75) is 71.7 Å². The Balaban J connectivity index is 1.74. The van der Waals surface area contributed by atoms with E-state index in [9.17, 15) is 19.2 Å². The highest BCUT2D eigenvalue weighted by molar-refractivity contribution is 5.91. The molecule has 2 aromatic rings. The number of esters is 1. The minimum Gasteiger partial charge on any atom is -0.451 e. The fraction of sp³-hybridized carbons (Fsp3) is 0.516. The van der Waals surface area contributed by atoms with Crippen molar-refractivity contribution in [3.05, 3.63) is 47.7 Å². The molecule has 1 saturated heterocycles. The maximum atomic E-state index is 13.5. The second kappa shape index (κ2) is 13.0. The van der Waals surface area contributed by atoms with Gasteiger partial charge in [0.1, 0.15) is 17.5 Å². The quantitative estimate of drug-likeness (QED) is 0.472. The van der Waals surface area contributed by atoms with Crippen molar-refractivity contribution in [1.82, 2.24) is 26.1 Å². The van der Waals surface area contributed by atoms with Gasteiger partial charge in [-0.15, -0.1) is 0 Å². The fourth-order valence-electron chi connectivity index (χ4n) is 5.11. The lowest BCUT2D eigenvalue weighted by molar-refractivity contribution is -0.168. The van der Waals surface area contributed by atoms with E-state index >= 15 is 0 Å². The molecule has 1 fully saturated rings. The van der Waals surface area contributed by atoms with Gasteiger partial charge in [-0.05, 0) is 57.2 Å². The minimum absolute atomic E-state index is 0.0264. The monoisotopic (exact) mass is 579 g/mol. The van der Waals surface area contributed by atoms with E-state index < -0.39 is 41.4 Å². The summed E-state index contributed by atoms with van der Waals surface area (Å²) in [7, 11) is 1.49. The summed E-state index contributed by atoms with van der Waals surface area (Å²) in [5.74, 6) is -2.21. The van der Waals surface area contributed by atoms with E-state index in [1.165, 1.54) is 12.1 Å². The van der Waals surface area contributed by atoms with Gasteiger partial charge in [0.15, 0.2) is 6.10 Å². The van der Waals surface area contributed by atoms with E-state index in [1.54, 1.807) is 39.8 Å². The van der Waals surface area contributed by atoms with E-state index in [2.05, 4.69) is 16.1 Å². The number of hydrogen-bond donors (Lipinski definition) is 3. The van der Waals surface area contributed by atoms with Crippen LogP contribution in [0.3, 0.4) is 0 Å². The van der Waals surface area contributed by atoms with Gasteiger partial charge in [0.25, 0.3) is 11.8 Å². The van der Waals surface area contributed by atoms with Gasteiger partial charge in [-0.3, -0.25) is 29.2 Å². The molecule has 0 spiro atoms. The number of rotatable bonds is 3. The summed E-state index contributed by atoms with van der Waals surface area (Å²) in [5, 5.41) is 8.01. The highest BCUT2D eigenvalue weighted by Crippen LogP contribution is 2.26. The van der Waals surface area contributed by atoms with Crippen molar-refractivity contribution in [1.29, 1.82) is 0 Å². The number of ether oxygens (including phenoxy) is 2. The second-order valence-electron chi connectivity index (χ2n) is 11.7. The van der Waals surface area contributed by atoms with Crippen LogP contribution in [0.25, 0.3) is 17.0 Å². The Labute approximate surface area is 246 Å². The van der Waals surface area contributed by atoms with Crippen molar-refractivity contribution >= 4 is 40.7 Å². The maximum absolute atomic E-state index is 13.5. The van der Waals surface area contributed by atoms with E-state index in [0.29, 0.717) is 25.1 Å². The summed E-state index contributed by atoms with van der Waals surface area (Å²) < 4.78 is 11.1. The molecule has 42 heavy (non-hydrogen) atoms. The van der Waals surface area contributed by atoms with Crippen LogP contribution < -0.4 is 16.1 Å². The topological polar surface area (TPSA) is 139 Å². The molecular weight excluding hydrogens is 538 g/mol. The molecule has 11 heteroatoms. The predicted octanol–water partition coefficient (Wildman–Crippen LogP) is 2.66. The number of nitrogens with one attached hydrogen (secondary N) is 3. The first-order chi connectivity index (χ1) is 19.9. The lowest BCUT2D eigenvalue weighted by Gasteiger charge is -2.35. The molecule has 3 N–H and O–H groups in total. The zero-order valence-corrected chi connectivity index (χ0v) is 25.1. The highest BCUT2D eigenvalue weighted by atomic mass is 16.6. The molecule has 0 radical (unpaired) electrons. The third-order valence-electron chi connectivity index (χ3n) is 7.69. The maximum Gasteiger partial charge on any atom is 0.318 e. The molecular formula is C31H41N5O6. The van der Waals surface area contributed by atoms with E-state index in [-0.39, 0.29) is 24.5 Å². The Hall–Kier alpha value is -3.83. The van der Waals surface area contributed by atoms with Crippen LogP contribution in [0.15, 0.2) is 36.4 Å². The number of cyclic esters (lactones) is 1. The first-order valence-electron chi connectivity index (χ1n) is 14.4. The number of amides is 3. The minimum atomic E-state index is -1.20. The lowest BCUT2D eigenvalue weighted by Crippen LogP contribution is -2.61. The summed E-state index contributed by atoms with van der Waals surface area (Å²) in [6.07, 6.45) is 3.53. The molecule has 11 nitrogen and oxygen atoms in total. The molecule has 5 atom stereocenters. The number of hydrogen-bond acceptors (Lipinski definition) is 8. The molecule has 0 unspecified atom stereocenters. The normalized spacial score (nSPS) is 28.0. The number of carbonyl (C=O) groups is 4. The fourth-order valence-corrected chi connectivity index (χ4v) is 5.11. The molecule has 2 aliphatic rings. The van der Waals surface area contributed by atoms with Crippen molar-refractivity contribution in [3.8, 4) is 0 Å². The molecule has 0 aliphatic carbocycles. The molecule has 5 bridgehead atoms. The number of pyridine rings is 1. The number of aromatic nitrogens is 1. The van der Waals surface area contributed by atoms with Crippen LogP contribution in [-0.2, 0) is 28.7 Å². The number of fused-ring (bicyclic) bond motifs is 4. The van der Waals surface area contributed by atoms with Crippen molar-refractivity contribution in [3.63, 3.8) is 0 Å². The summed E-state index contributed by atoms with van der Waals surface area (Å²) >= 11 is 0. The zero-order valence-electron chi connectivity index (χ0n) is 25.1. The van der Waals surface area contributed by atoms with Crippen molar-refractivity contribution in [2.75, 3.05) is 20.3 Å². The largest absolute Gasteiger partial charge is 0.451 e. The predicted molar refractivity (Wildman–Crippen MR) is 158 cm³/mol. The lowest BCUT2D eigenvalue weighted by atomic mass is 9.90. The molecule has 0 saturated carbocycles. The van der Waals surface area contributed by atoms with E-state index in [4.69, 9.17) is 14.5 Å². The van der Waals surface area contributed by atoms with Gasteiger partial charge < -0.3 is 20.1 Å². The van der Waals surface area contributed by atoms with Gasteiger partial charge in [0, 0.05) is 19.0 Å². The molecule has 3 amide bonds. The van der Waals surface area contributed by atoms with E-state index in [0.717, 1.165) is 16.5 Å². The molecule has 1 aromatic carbocycles. The van der Waals surface area contributed by atoms with Crippen LogP contribution in [0.5, 0.6) is 0 Å². The van der Waals surface area contributed by atoms with Crippen LogP contribution in [-0.4, -0.2) is 72.1 Å². The molecule has 226 valence electrons. The SMILES string of the molecule is COC[C@]1(C)C=Cc2ccc3ccc(nc3c2)[C@@H](C)NC(=O)[C@@H]2CCCN(N2)C(=O)[C@H](C)NC(=O)[C@H](C(C)C)OC1=O. The smallest absolute Gasteiger partial charge is 0.318 e. The van der Waals surface area contributed by atoms with Crippen molar-refractivity contribution in [2.24, 2.45) is 11.3 Å². The number of benzene rings is 1. The molecule has 2 aliphatic heterocycles. The Bertz CT molecular complexity index is 1380. The number of carbonyl (C=O) groups excluding carboxylic acids is 4. The van der Waals surface area contributed by atoms with Gasteiger partial charge in [0.05, 0.1) is 23.9 Å². The van der Waals surface area contributed by atoms with Crippen LogP contribution in [0.2, 0.25) is 0 Å². The Morgan fingerprint density at radius 3 is 2.50 bits per heavy atom. The van der Waals surface area contributed by atoms with Gasteiger partial charge in [-0.1, -0.05) is 44.2 Å². The Morgan fingerprint density at radius 1 is 1.07 bits per heavy atom. The molecule has 4 rings (SSSR count). The number of nitrogens with zero attached hydrogens (tertiary/aromatic N) is 2. The first kappa shape index (κ1) is 31.1. The summed E-state index contributed by atoms with van der Waals surface area (Å²) in [5.41, 5.74) is 4.05. The highest BCUT2D eigenvalue weighted by Gasteiger charge is 2.38. The number of hydrazine groups is 1. The molecule has 1 aromatic heterocycles. The van der Waals surface area contributed by atoms with Crippen LogP contribution in [0, 0.1) is 11.3 Å². The van der Waals surface area contributed by atoms with Gasteiger partial charge in [0.2, 0.25) is 5.91 Å². The van der Waals surface area contributed by atoms with Gasteiger partial charge in [-0.25, -0.2) is 5.43 Å². The average Bonchev–Trinajstić information content (AvgIpc) is 2.97. The van der Waals surface area contributed by atoms with Crippen LogP contribution >= 0.6 is 0 Å². The average molecular weight is 580 g/mol. The van der Waals surface area contributed by atoms with Gasteiger partial charge in [-0.2, -0.15) is 0 Å². The second-order valence-corrected chi connectivity index (χ2v) is 11.7. The van der Waals surface area contributed by atoms with Crippen molar-refractivity contribution < 1.29 is 28.7 Å². The Morgan fingerprint density at radius 2 is 1.79 bits per heavy atom. The number of methoxy groups -OCH3 is 1. The van der Waals surface area contributed by atoms with Crippen LogP contribution in [0.1, 0.15) is 64.8 Å². The summed E-state index contributed by atoms with van der Waals surface area (Å²) in [6.45, 7) is 9.06.